The van der Waals surface area contributed by atoms with Crippen LogP contribution in [-0.2, 0) is 12.8 Å². The van der Waals surface area contributed by atoms with Crippen LogP contribution in [-0.4, -0.2) is 27.8 Å². The molecule has 0 bridgehead atoms. The molecule has 1 atom stereocenters. The molecule has 1 heterocycles. The Morgan fingerprint density at radius 2 is 2.18 bits per heavy atom. The van der Waals surface area contributed by atoms with Crippen molar-refractivity contribution < 1.29 is 4.79 Å². The highest BCUT2D eigenvalue weighted by molar-refractivity contribution is 8.02. The van der Waals surface area contributed by atoms with E-state index in [-0.39, 0.29) is 11.0 Å². The van der Waals surface area contributed by atoms with Crippen molar-refractivity contribution in [2.45, 2.75) is 42.7 Å². The first kappa shape index (κ1) is 15.5. The van der Waals surface area contributed by atoms with E-state index in [1.807, 2.05) is 19.9 Å². The number of anilines is 1. The van der Waals surface area contributed by atoms with Gasteiger partial charge in [0.05, 0.1) is 5.25 Å². The Morgan fingerprint density at radius 1 is 1.36 bits per heavy atom. The molecule has 1 N–H and O–H groups in total. The molecule has 22 heavy (non-hydrogen) atoms. The maximum absolute atomic E-state index is 12.6. The molecule has 1 aliphatic carbocycles. The first-order valence-electron chi connectivity index (χ1n) is 7.57. The number of nitrogens with one attached hydrogen (secondary N) is 1. The summed E-state index contributed by atoms with van der Waals surface area (Å²) in [5.74, 6) is 0.167. The lowest BCUT2D eigenvalue weighted by Crippen LogP contribution is -2.13. The van der Waals surface area contributed by atoms with E-state index < -0.39 is 0 Å². The average molecular weight is 333 g/mol. The molecule has 0 saturated heterocycles. The van der Waals surface area contributed by atoms with Crippen LogP contribution in [0.25, 0.3) is 0 Å². The van der Waals surface area contributed by atoms with Gasteiger partial charge in [-0.15, -0.1) is 10.2 Å². The number of thioether (sulfide) groups is 1. The van der Waals surface area contributed by atoms with E-state index in [0.29, 0.717) is 0 Å². The molecule has 0 fully saturated rings. The van der Waals surface area contributed by atoms with E-state index in [0.717, 1.165) is 34.4 Å². The van der Waals surface area contributed by atoms with Crippen molar-refractivity contribution in [3.63, 3.8) is 0 Å². The van der Waals surface area contributed by atoms with Crippen LogP contribution in [0.2, 0.25) is 0 Å². The number of carbonyl (C=O) groups is 1. The van der Waals surface area contributed by atoms with Crippen molar-refractivity contribution in [2.24, 2.45) is 0 Å². The number of aromatic nitrogens is 2. The molecule has 3 rings (SSSR count). The standard InChI is InChI=1S/C16H19N3OS2/c1-3-17-15-18-19-16(22-15)21-10(2)14(20)13-8-7-11-5-4-6-12(11)9-13/h7-10H,3-6H2,1-2H3,(H,17,18). The van der Waals surface area contributed by atoms with E-state index >= 15 is 0 Å². The molecule has 116 valence electrons. The second-order valence-corrected chi connectivity index (χ2v) is 7.93. The predicted octanol–water partition coefficient (Wildman–Crippen LogP) is 3.82. The Labute approximate surface area is 138 Å². The SMILES string of the molecule is CCNc1nnc(SC(C)C(=O)c2ccc3c(c2)CCC3)s1. The summed E-state index contributed by atoms with van der Waals surface area (Å²) >= 11 is 2.98. The van der Waals surface area contributed by atoms with Crippen molar-refractivity contribution in [3.05, 3.63) is 34.9 Å². The number of rotatable bonds is 6. The van der Waals surface area contributed by atoms with Gasteiger partial charge < -0.3 is 5.32 Å². The zero-order chi connectivity index (χ0) is 15.5. The van der Waals surface area contributed by atoms with Gasteiger partial charge in [-0.25, -0.2) is 0 Å². The van der Waals surface area contributed by atoms with Gasteiger partial charge in [-0.3, -0.25) is 4.79 Å². The summed E-state index contributed by atoms with van der Waals surface area (Å²) in [6.45, 7) is 4.78. The molecule has 0 amide bonds. The Hall–Kier alpha value is -1.40. The van der Waals surface area contributed by atoms with Crippen LogP contribution in [0.5, 0.6) is 0 Å². The van der Waals surface area contributed by atoms with E-state index in [9.17, 15) is 4.79 Å². The van der Waals surface area contributed by atoms with Crippen molar-refractivity contribution in [1.29, 1.82) is 0 Å². The fraction of sp³-hybridized carbons (Fsp3) is 0.438. The van der Waals surface area contributed by atoms with Crippen molar-refractivity contribution in [3.8, 4) is 0 Å². The molecular formula is C16H19N3OS2. The van der Waals surface area contributed by atoms with E-state index in [2.05, 4.69) is 27.6 Å². The summed E-state index contributed by atoms with van der Waals surface area (Å²) in [7, 11) is 0. The van der Waals surface area contributed by atoms with Crippen LogP contribution in [0.4, 0.5) is 5.13 Å². The fourth-order valence-corrected chi connectivity index (χ4v) is 4.69. The minimum Gasteiger partial charge on any atom is -0.360 e. The lowest BCUT2D eigenvalue weighted by molar-refractivity contribution is 0.0994. The zero-order valence-corrected chi connectivity index (χ0v) is 14.4. The highest BCUT2D eigenvalue weighted by atomic mass is 32.2. The van der Waals surface area contributed by atoms with Crippen molar-refractivity contribution in [1.82, 2.24) is 10.2 Å². The van der Waals surface area contributed by atoms with Gasteiger partial charge in [0.2, 0.25) is 5.13 Å². The average Bonchev–Trinajstić information content (AvgIpc) is 3.15. The second kappa shape index (κ2) is 6.79. The summed E-state index contributed by atoms with van der Waals surface area (Å²) in [6.07, 6.45) is 3.45. The minimum absolute atomic E-state index is 0.151. The van der Waals surface area contributed by atoms with Crippen LogP contribution >= 0.6 is 23.1 Å². The molecule has 0 aliphatic heterocycles. The lowest BCUT2D eigenvalue weighted by Gasteiger charge is -2.09. The molecule has 6 heteroatoms. The number of hydrogen-bond donors (Lipinski definition) is 1. The maximum Gasteiger partial charge on any atom is 0.206 e. The molecule has 0 radical (unpaired) electrons. The minimum atomic E-state index is -0.151. The van der Waals surface area contributed by atoms with Gasteiger partial charge in [0.25, 0.3) is 0 Å². The van der Waals surface area contributed by atoms with Gasteiger partial charge in [0, 0.05) is 12.1 Å². The highest BCUT2D eigenvalue weighted by Gasteiger charge is 2.20. The Bertz CT molecular complexity index is 684. The van der Waals surface area contributed by atoms with Crippen LogP contribution in [0.15, 0.2) is 22.5 Å². The lowest BCUT2D eigenvalue weighted by atomic mass is 10.0. The normalized spacial score (nSPS) is 14.6. The molecule has 0 spiro atoms. The van der Waals surface area contributed by atoms with Crippen LogP contribution < -0.4 is 5.32 Å². The Morgan fingerprint density at radius 3 is 3.00 bits per heavy atom. The van der Waals surface area contributed by atoms with Crippen LogP contribution in [0.3, 0.4) is 0 Å². The van der Waals surface area contributed by atoms with E-state index in [4.69, 9.17) is 0 Å². The molecule has 1 aromatic heterocycles. The summed E-state index contributed by atoms with van der Waals surface area (Å²) in [5.41, 5.74) is 3.56. The smallest absolute Gasteiger partial charge is 0.206 e. The molecule has 2 aromatic rings. The van der Waals surface area contributed by atoms with Gasteiger partial charge in [-0.2, -0.15) is 0 Å². The largest absolute Gasteiger partial charge is 0.360 e. The third-order valence-electron chi connectivity index (χ3n) is 3.76. The second-order valence-electron chi connectivity index (χ2n) is 5.36. The summed E-state index contributed by atoms with van der Waals surface area (Å²) < 4.78 is 0.831. The molecule has 0 saturated carbocycles. The monoisotopic (exact) mass is 333 g/mol. The van der Waals surface area contributed by atoms with Gasteiger partial charge >= 0.3 is 0 Å². The zero-order valence-electron chi connectivity index (χ0n) is 12.8. The Balaban J connectivity index is 1.68. The fourth-order valence-electron chi connectivity index (χ4n) is 2.64. The van der Waals surface area contributed by atoms with E-state index in [1.54, 1.807) is 0 Å². The maximum atomic E-state index is 12.6. The number of carbonyl (C=O) groups excluding carboxylic acids is 1. The van der Waals surface area contributed by atoms with Gasteiger partial charge in [0.15, 0.2) is 10.1 Å². The van der Waals surface area contributed by atoms with Gasteiger partial charge in [-0.1, -0.05) is 35.2 Å². The van der Waals surface area contributed by atoms with Gasteiger partial charge in [0.1, 0.15) is 0 Å². The van der Waals surface area contributed by atoms with E-state index in [1.165, 1.54) is 40.6 Å². The topological polar surface area (TPSA) is 54.9 Å². The molecule has 4 nitrogen and oxygen atoms in total. The number of ketones is 1. The number of aryl methyl sites for hydroxylation is 2. The van der Waals surface area contributed by atoms with Gasteiger partial charge in [-0.05, 0) is 50.3 Å². The third-order valence-corrected chi connectivity index (χ3v) is 5.83. The predicted molar refractivity (Wildman–Crippen MR) is 92.2 cm³/mol. The number of nitrogens with zero attached hydrogens (tertiary/aromatic N) is 2. The molecule has 1 unspecified atom stereocenters. The summed E-state index contributed by atoms with van der Waals surface area (Å²) in [5, 5.41) is 12.0. The van der Waals surface area contributed by atoms with Crippen molar-refractivity contribution >= 4 is 34.0 Å². The quantitative estimate of drug-likeness (QED) is 0.643. The van der Waals surface area contributed by atoms with Crippen LogP contribution in [0.1, 0.15) is 41.8 Å². The number of hydrogen-bond acceptors (Lipinski definition) is 6. The molecular weight excluding hydrogens is 314 g/mol. The highest BCUT2D eigenvalue weighted by Crippen LogP contribution is 2.31. The van der Waals surface area contributed by atoms with Crippen molar-refractivity contribution in [2.75, 3.05) is 11.9 Å². The Kier molecular flexibility index (Phi) is 4.78. The number of fused-ring (bicyclic) bond motifs is 1. The molecule has 1 aliphatic rings. The molecule has 1 aromatic carbocycles. The number of Topliss-reactive ketones (excluding diaryl/α,β-unsaturated/α-hetero) is 1. The first-order chi connectivity index (χ1) is 10.7. The third kappa shape index (κ3) is 3.33. The summed E-state index contributed by atoms with van der Waals surface area (Å²) in [4.78, 5) is 12.6. The first-order valence-corrected chi connectivity index (χ1v) is 9.27. The summed E-state index contributed by atoms with van der Waals surface area (Å²) in [6, 6.07) is 6.15. The van der Waals surface area contributed by atoms with Crippen LogP contribution in [0, 0.1) is 0 Å². The number of benzene rings is 1.